The van der Waals surface area contributed by atoms with Gasteiger partial charge in [0.2, 0.25) is 0 Å². The van der Waals surface area contributed by atoms with E-state index in [9.17, 15) is 4.79 Å². The van der Waals surface area contributed by atoms with E-state index in [-0.39, 0.29) is 11.6 Å². The summed E-state index contributed by atoms with van der Waals surface area (Å²) in [7, 11) is 0. The number of amides is 1. The number of aromatic nitrogens is 2. The summed E-state index contributed by atoms with van der Waals surface area (Å²) in [6, 6.07) is 18.2. The summed E-state index contributed by atoms with van der Waals surface area (Å²) in [5.41, 5.74) is 2.55. The molecule has 1 amide bonds. The van der Waals surface area contributed by atoms with Crippen molar-refractivity contribution in [1.82, 2.24) is 15.3 Å². The van der Waals surface area contributed by atoms with Crippen LogP contribution in [0.5, 0.6) is 0 Å². The van der Waals surface area contributed by atoms with Crippen LogP contribution in [0.3, 0.4) is 0 Å². The van der Waals surface area contributed by atoms with E-state index in [2.05, 4.69) is 26.7 Å². The minimum Gasteiger partial charge on any atom is -0.350 e. The Kier molecular flexibility index (Phi) is 5.98. The SMILES string of the molecule is N#Cc1cccc(Nc2cc(C(=O)NCCc3cccc(Cl)c3)ncn2)c1. The molecule has 3 rings (SSSR count). The molecule has 0 aliphatic heterocycles. The molecular weight excluding hydrogens is 362 g/mol. The Bertz CT molecular complexity index is 999. The number of nitrogens with zero attached hydrogens (tertiary/aromatic N) is 3. The minimum absolute atomic E-state index is 0.259. The molecule has 134 valence electrons. The molecule has 0 unspecified atom stereocenters. The van der Waals surface area contributed by atoms with E-state index in [1.807, 2.05) is 30.3 Å². The first-order valence-corrected chi connectivity index (χ1v) is 8.64. The molecule has 0 aliphatic carbocycles. The fraction of sp³-hybridized carbons (Fsp3) is 0.100. The first-order chi connectivity index (χ1) is 13.1. The molecule has 0 aliphatic rings. The van der Waals surface area contributed by atoms with Gasteiger partial charge >= 0.3 is 0 Å². The Morgan fingerprint density at radius 2 is 1.96 bits per heavy atom. The first kappa shape index (κ1) is 18.4. The van der Waals surface area contributed by atoms with Gasteiger partial charge < -0.3 is 10.6 Å². The largest absolute Gasteiger partial charge is 0.350 e. The summed E-state index contributed by atoms with van der Waals surface area (Å²) in [5.74, 6) is 0.188. The predicted molar refractivity (Wildman–Crippen MR) is 104 cm³/mol. The van der Waals surface area contributed by atoms with Crippen LogP contribution in [-0.4, -0.2) is 22.4 Å². The fourth-order valence-corrected chi connectivity index (χ4v) is 2.68. The monoisotopic (exact) mass is 377 g/mol. The van der Waals surface area contributed by atoms with Crippen molar-refractivity contribution in [3.05, 3.63) is 82.8 Å². The molecule has 3 aromatic rings. The molecule has 7 heteroatoms. The molecule has 0 atom stereocenters. The highest BCUT2D eigenvalue weighted by atomic mass is 35.5. The van der Waals surface area contributed by atoms with E-state index >= 15 is 0 Å². The summed E-state index contributed by atoms with van der Waals surface area (Å²) in [6.45, 7) is 0.468. The van der Waals surface area contributed by atoms with E-state index in [0.717, 1.165) is 5.56 Å². The summed E-state index contributed by atoms with van der Waals surface area (Å²) < 4.78 is 0. The van der Waals surface area contributed by atoms with E-state index in [1.165, 1.54) is 6.33 Å². The number of nitrogens with one attached hydrogen (secondary N) is 2. The average Bonchev–Trinajstić information content (AvgIpc) is 2.68. The number of hydrogen-bond donors (Lipinski definition) is 2. The third-order valence-electron chi connectivity index (χ3n) is 3.75. The van der Waals surface area contributed by atoms with Gasteiger partial charge in [0.15, 0.2) is 0 Å². The summed E-state index contributed by atoms with van der Waals surface area (Å²) in [4.78, 5) is 20.4. The van der Waals surface area contributed by atoms with Gasteiger partial charge in [-0.2, -0.15) is 5.26 Å². The molecule has 0 saturated carbocycles. The number of halogens is 1. The first-order valence-electron chi connectivity index (χ1n) is 8.26. The lowest BCUT2D eigenvalue weighted by molar-refractivity contribution is 0.0949. The van der Waals surface area contributed by atoms with Crippen LogP contribution < -0.4 is 10.6 Å². The summed E-state index contributed by atoms with van der Waals surface area (Å²) in [5, 5.41) is 15.5. The zero-order valence-electron chi connectivity index (χ0n) is 14.3. The number of carbonyl (C=O) groups excluding carboxylic acids is 1. The molecule has 0 saturated heterocycles. The van der Waals surface area contributed by atoms with Crippen LogP contribution in [0.25, 0.3) is 0 Å². The molecule has 0 radical (unpaired) electrons. The van der Waals surface area contributed by atoms with Gasteiger partial charge in [-0.1, -0.05) is 29.8 Å². The van der Waals surface area contributed by atoms with Crippen molar-refractivity contribution in [2.24, 2.45) is 0 Å². The topological polar surface area (TPSA) is 90.7 Å². The number of rotatable bonds is 6. The van der Waals surface area contributed by atoms with Gasteiger partial charge in [0.1, 0.15) is 17.8 Å². The second-order valence-corrected chi connectivity index (χ2v) is 6.18. The highest BCUT2D eigenvalue weighted by Crippen LogP contribution is 2.16. The maximum atomic E-state index is 12.3. The van der Waals surface area contributed by atoms with Crippen molar-refractivity contribution in [2.45, 2.75) is 6.42 Å². The molecular formula is C20H16ClN5O. The number of anilines is 2. The normalized spacial score (nSPS) is 10.1. The molecule has 0 fully saturated rings. The lowest BCUT2D eigenvalue weighted by Crippen LogP contribution is -2.26. The van der Waals surface area contributed by atoms with E-state index in [1.54, 1.807) is 24.3 Å². The number of benzene rings is 2. The molecule has 2 aromatic carbocycles. The number of hydrogen-bond acceptors (Lipinski definition) is 5. The number of carbonyl (C=O) groups is 1. The smallest absolute Gasteiger partial charge is 0.270 e. The average molecular weight is 378 g/mol. The molecule has 2 N–H and O–H groups in total. The van der Waals surface area contributed by atoms with Crippen LogP contribution in [0.15, 0.2) is 60.9 Å². The lowest BCUT2D eigenvalue weighted by atomic mass is 10.1. The highest BCUT2D eigenvalue weighted by molar-refractivity contribution is 6.30. The molecule has 27 heavy (non-hydrogen) atoms. The molecule has 1 heterocycles. The quantitative estimate of drug-likeness (QED) is 0.683. The Morgan fingerprint density at radius 1 is 1.11 bits per heavy atom. The van der Waals surface area contributed by atoms with E-state index in [0.29, 0.717) is 35.1 Å². The van der Waals surface area contributed by atoms with Gasteiger partial charge in [-0.05, 0) is 42.3 Å². The van der Waals surface area contributed by atoms with Crippen molar-refractivity contribution in [2.75, 3.05) is 11.9 Å². The van der Waals surface area contributed by atoms with Crippen LogP contribution in [-0.2, 0) is 6.42 Å². The summed E-state index contributed by atoms with van der Waals surface area (Å²) in [6.07, 6.45) is 1.99. The Balaban J connectivity index is 1.60. The van der Waals surface area contributed by atoms with Gasteiger partial charge in [-0.3, -0.25) is 4.79 Å². The Hall–Kier alpha value is -3.43. The third-order valence-corrected chi connectivity index (χ3v) is 3.99. The third kappa shape index (κ3) is 5.27. The number of nitriles is 1. The predicted octanol–water partition coefficient (Wildman–Crippen LogP) is 3.72. The maximum Gasteiger partial charge on any atom is 0.270 e. The van der Waals surface area contributed by atoms with E-state index in [4.69, 9.17) is 16.9 Å². The van der Waals surface area contributed by atoms with Crippen molar-refractivity contribution >= 4 is 29.0 Å². The Labute approximate surface area is 161 Å². The molecule has 0 bridgehead atoms. The highest BCUT2D eigenvalue weighted by Gasteiger charge is 2.09. The van der Waals surface area contributed by atoms with Crippen LogP contribution in [0.2, 0.25) is 5.02 Å². The van der Waals surface area contributed by atoms with Crippen molar-refractivity contribution in [3.8, 4) is 6.07 Å². The van der Waals surface area contributed by atoms with Crippen LogP contribution >= 0.6 is 11.6 Å². The minimum atomic E-state index is -0.284. The molecule has 0 spiro atoms. The fourth-order valence-electron chi connectivity index (χ4n) is 2.47. The van der Waals surface area contributed by atoms with Gasteiger partial charge in [-0.15, -0.1) is 0 Å². The maximum absolute atomic E-state index is 12.3. The van der Waals surface area contributed by atoms with Crippen molar-refractivity contribution in [3.63, 3.8) is 0 Å². The van der Waals surface area contributed by atoms with Crippen molar-refractivity contribution < 1.29 is 4.79 Å². The Morgan fingerprint density at radius 3 is 2.78 bits per heavy atom. The molecule has 6 nitrogen and oxygen atoms in total. The van der Waals surface area contributed by atoms with Gasteiger partial charge in [-0.25, -0.2) is 9.97 Å². The molecule has 1 aromatic heterocycles. The van der Waals surface area contributed by atoms with Gasteiger partial charge in [0.05, 0.1) is 11.6 Å². The zero-order valence-corrected chi connectivity index (χ0v) is 15.1. The standard InChI is InChI=1S/C20H16ClN5O/c21-16-5-1-3-14(9-16)7-8-23-20(27)18-11-19(25-13-24-18)26-17-6-2-4-15(10-17)12-22/h1-6,9-11,13H,7-8H2,(H,23,27)(H,24,25,26). The second-order valence-electron chi connectivity index (χ2n) is 5.74. The lowest BCUT2D eigenvalue weighted by Gasteiger charge is -2.08. The van der Waals surface area contributed by atoms with Crippen LogP contribution in [0.1, 0.15) is 21.6 Å². The summed E-state index contributed by atoms with van der Waals surface area (Å²) >= 11 is 5.96. The van der Waals surface area contributed by atoms with Crippen LogP contribution in [0, 0.1) is 11.3 Å². The van der Waals surface area contributed by atoms with Gasteiger partial charge in [0.25, 0.3) is 5.91 Å². The second kappa shape index (κ2) is 8.79. The van der Waals surface area contributed by atoms with Crippen molar-refractivity contribution in [1.29, 1.82) is 5.26 Å². The zero-order chi connectivity index (χ0) is 19.1. The van der Waals surface area contributed by atoms with Gasteiger partial charge in [0, 0.05) is 23.3 Å². The van der Waals surface area contributed by atoms with E-state index < -0.39 is 0 Å². The van der Waals surface area contributed by atoms with Crippen LogP contribution in [0.4, 0.5) is 11.5 Å².